The number of aromatic nitrogens is 3. The van der Waals surface area contributed by atoms with Crippen molar-refractivity contribution in [2.45, 2.75) is 24.7 Å². The number of pyridine rings is 1. The number of carbonyl (C=O) groups is 1. The molecular weight excluding hydrogens is 388 g/mol. The van der Waals surface area contributed by atoms with Crippen LogP contribution in [0.3, 0.4) is 0 Å². The fraction of sp³-hybridized carbons (Fsp3) is 0.273. The zero-order valence-corrected chi connectivity index (χ0v) is 16.5. The molecule has 0 atom stereocenters. The molecule has 0 spiro atoms. The van der Waals surface area contributed by atoms with Gasteiger partial charge in [-0.1, -0.05) is 6.42 Å². The molecule has 8 heteroatoms. The van der Waals surface area contributed by atoms with E-state index in [2.05, 4.69) is 25.8 Å². The fourth-order valence-electron chi connectivity index (χ4n) is 3.71. The lowest BCUT2D eigenvalue weighted by molar-refractivity contribution is 0.0963. The van der Waals surface area contributed by atoms with Crippen LogP contribution in [0.25, 0.3) is 11.3 Å². The Hall–Kier alpha value is -3.42. The lowest BCUT2D eigenvalue weighted by atomic mass is 9.66. The summed E-state index contributed by atoms with van der Waals surface area (Å²) in [6.45, 7) is 0.482. The third kappa shape index (κ3) is 3.72. The lowest BCUT2D eigenvalue weighted by Crippen LogP contribution is -2.42. The van der Waals surface area contributed by atoms with Gasteiger partial charge in [-0.2, -0.15) is 0 Å². The molecule has 30 heavy (non-hydrogen) atoms. The van der Waals surface area contributed by atoms with Crippen molar-refractivity contribution in [3.63, 3.8) is 0 Å². The van der Waals surface area contributed by atoms with Gasteiger partial charge in [-0.25, -0.2) is 8.78 Å². The second-order valence-corrected chi connectivity index (χ2v) is 7.40. The van der Waals surface area contributed by atoms with Crippen molar-refractivity contribution in [2.75, 3.05) is 18.9 Å². The number of benzene rings is 1. The quantitative estimate of drug-likeness (QED) is 0.649. The van der Waals surface area contributed by atoms with Crippen molar-refractivity contribution < 1.29 is 13.6 Å². The van der Waals surface area contributed by atoms with Crippen LogP contribution in [0.5, 0.6) is 0 Å². The van der Waals surface area contributed by atoms with E-state index in [4.69, 9.17) is 0 Å². The normalized spacial score (nSPS) is 14.6. The highest BCUT2D eigenvalue weighted by atomic mass is 19.1. The maximum absolute atomic E-state index is 14.2. The Bertz CT molecular complexity index is 1070. The first kappa shape index (κ1) is 19.9. The lowest BCUT2D eigenvalue weighted by Gasteiger charge is -2.41. The van der Waals surface area contributed by atoms with E-state index < -0.39 is 5.82 Å². The minimum atomic E-state index is -0.489. The number of amides is 1. The third-order valence-electron chi connectivity index (χ3n) is 5.58. The van der Waals surface area contributed by atoms with Crippen LogP contribution < -0.4 is 10.6 Å². The SMILES string of the molecule is CNC(=O)c1ccc(F)c(-c2ccc(NCC3(c4ncccc4F)CCC3)nn2)c1. The Morgan fingerprint density at radius 2 is 1.93 bits per heavy atom. The molecule has 154 valence electrons. The molecule has 0 aliphatic heterocycles. The molecule has 0 radical (unpaired) electrons. The van der Waals surface area contributed by atoms with E-state index in [1.165, 1.54) is 31.3 Å². The van der Waals surface area contributed by atoms with Crippen LogP contribution in [0.15, 0.2) is 48.7 Å². The van der Waals surface area contributed by atoms with E-state index in [0.29, 0.717) is 29.3 Å². The number of halogens is 2. The molecule has 1 amide bonds. The minimum absolute atomic E-state index is 0.196. The van der Waals surface area contributed by atoms with Crippen molar-refractivity contribution >= 4 is 11.7 Å². The average molecular weight is 409 g/mol. The highest BCUT2D eigenvalue weighted by molar-refractivity contribution is 5.95. The predicted octanol–water partition coefficient (Wildman–Crippen LogP) is 3.71. The highest BCUT2D eigenvalue weighted by Crippen LogP contribution is 2.43. The second-order valence-electron chi connectivity index (χ2n) is 7.40. The van der Waals surface area contributed by atoms with Crippen molar-refractivity contribution in [2.24, 2.45) is 0 Å². The van der Waals surface area contributed by atoms with Crippen LogP contribution in [0, 0.1) is 11.6 Å². The number of hydrogen-bond donors (Lipinski definition) is 2. The van der Waals surface area contributed by atoms with Gasteiger partial charge in [0, 0.05) is 36.3 Å². The minimum Gasteiger partial charge on any atom is -0.368 e. The van der Waals surface area contributed by atoms with E-state index in [1.54, 1.807) is 24.4 Å². The zero-order valence-electron chi connectivity index (χ0n) is 16.5. The molecule has 0 saturated heterocycles. The summed E-state index contributed by atoms with van der Waals surface area (Å²) >= 11 is 0. The molecule has 1 aliphatic carbocycles. The van der Waals surface area contributed by atoms with Gasteiger partial charge in [0.15, 0.2) is 0 Å². The molecule has 2 aromatic heterocycles. The second kappa shape index (κ2) is 8.14. The van der Waals surface area contributed by atoms with Gasteiger partial charge >= 0.3 is 0 Å². The van der Waals surface area contributed by atoms with Crippen LogP contribution >= 0.6 is 0 Å². The molecule has 1 fully saturated rings. The summed E-state index contributed by atoms with van der Waals surface area (Å²) in [5.41, 5.74) is 0.961. The first-order valence-corrected chi connectivity index (χ1v) is 9.73. The zero-order chi connectivity index (χ0) is 21.1. The first-order valence-electron chi connectivity index (χ1n) is 9.73. The Kier molecular flexibility index (Phi) is 5.39. The van der Waals surface area contributed by atoms with Crippen molar-refractivity contribution in [3.05, 3.63) is 71.6 Å². The molecule has 2 N–H and O–H groups in total. The summed E-state index contributed by atoms with van der Waals surface area (Å²) < 4.78 is 28.5. The molecule has 2 heterocycles. The fourth-order valence-corrected chi connectivity index (χ4v) is 3.71. The van der Waals surface area contributed by atoms with Gasteiger partial charge in [0.05, 0.1) is 11.4 Å². The maximum atomic E-state index is 14.2. The van der Waals surface area contributed by atoms with E-state index in [-0.39, 0.29) is 22.7 Å². The summed E-state index contributed by atoms with van der Waals surface area (Å²) in [5, 5.41) is 13.9. The molecular formula is C22H21F2N5O. The van der Waals surface area contributed by atoms with Crippen LogP contribution in [-0.2, 0) is 5.41 Å². The van der Waals surface area contributed by atoms with Gasteiger partial charge in [0.25, 0.3) is 5.91 Å². The topological polar surface area (TPSA) is 79.8 Å². The van der Waals surface area contributed by atoms with E-state index in [0.717, 1.165) is 19.3 Å². The summed E-state index contributed by atoms with van der Waals surface area (Å²) in [5.74, 6) is -0.595. The van der Waals surface area contributed by atoms with Gasteiger partial charge in [0.1, 0.15) is 17.5 Å². The van der Waals surface area contributed by atoms with Crippen molar-refractivity contribution in [1.29, 1.82) is 0 Å². The Balaban J connectivity index is 1.51. The molecule has 0 unspecified atom stereocenters. The van der Waals surface area contributed by atoms with E-state index >= 15 is 0 Å². The highest BCUT2D eigenvalue weighted by Gasteiger charge is 2.41. The van der Waals surface area contributed by atoms with Gasteiger partial charge in [0.2, 0.25) is 0 Å². The summed E-state index contributed by atoms with van der Waals surface area (Å²) in [7, 11) is 1.51. The van der Waals surface area contributed by atoms with Crippen molar-refractivity contribution in [1.82, 2.24) is 20.5 Å². The number of carbonyl (C=O) groups excluding carboxylic acids is 1. The first-order chi connectivity index (χ1) is 14.5. The van der Waals surface area contributed by atoms with Gasteiger partial charge in [-0.05, 0) is 55.3 Å². The number of hydrogen-bond acceptors (Lipinski definition) is 5. The summed E-state index contributed by atoms with van der Waals surface area (Å²) in [6.07, 6.45) is 4.31. The largest absolute Gasteiger partial charge is 0.368 e. The van der Waals surface area contributed by atoms with Crippen LogP contribution in [-0.4, -0.2) is 34.7 Å². The van der Waals surface area contributed by atoms with E-state index in [1.807, 2.05) is 0 Å². The standard InChI is InChI=1S/C22H21F2N5O/c1-25-21(30)14-5-6-16(23)15(12-14)18-7-8-19(29-28-18)27-13-22(9-3-10-22)20-17(24)4-2-11-26-20/h2,4-8,11-12H,3,9-10,13H2,1H3,(H,25,30)(H,27,29). The monoisotopic (exact) mass is 409 g/mol. The van der Waals surface area contributed by atoms with E-state index in [9.17, 15) is 13.6 Å². The average Bonchev–Trinajstić information content (AvgIpc) is 2.74. The number of rotatable bonds is 6. The van der Waals surface area contributed by atoms with Gasteiger partial charge < -0.3 is 10.6 Å². The van der Waals surface area contributed by atoms with Gasteiger partial charge in [-0.3, -0.25) is 9.78 Å². The van der Waals surface area contributed by atoms with Crippen LogP contribution in [0.2, 0.25) is 0 Å². The van der Waals surface area contributed by atoms with Gasteiger partial charge in [-0.15, -0.1) is 10.2 Å². The molecule has 1 saturated carbocycles. The Morgan fingerprint density at radius 1 is 1.10 bits per heavy atom. The third-order valence-corrected chi connectivity index (χ3v) is 5.58. The smallest absolute Gasteiger partial charge is 0.251 e. The van der Waals surface area contributed by atoms with Crippen molar-refractivity contribution in [3.8, 4) is 11.3 Å². The summed E-state index contributed by atoms with van der Waals surface area (Å²) in [4.78, 5) is 16.1. The Morgan fingerprint density at radius 3 is 2.57 bits per heavy atom. The number of nitrogens with one attached hydrogen (secondary N) is 2. The maximum Gasteiger partial charge on any atom is 0.251 e. The van der Waals surface area contributed by atoms with Crippen LogP contribution in [0.1, 0.15) is 35.3 Å². The Labute approximate surface area is 172 Å². The number of nitrogens with zero attached hydrogens (tertiary/aromatic N) is 3. The van der Waals surface area contributed by atoms with Crippen LogP contribution in [0.4, 0.5) is 14.6 Å². The molecule has 6 nitrogen and oxygen atoms in total. The molecule has 4 rings (SSSR count). The molecule has 1 aromatic carbocycles. The molecule has 0 bridgehead atoms. The molecule has 1 aliphatic rings. The summed E-state index contributed by atoms with van der Waals surface area (Å²) in [6, 6.07) is 10.4. The molecule has 3 aromatic rings. The number of anilines is 1. The predicted molar refractivity (Wildman–Crippen MR) is 109 cm³/mol.